The molecule has 0 aliphatic carbocycles. The quantitative estimate of drug-likeness (QED) is 0.361. The number of hydrogen-bond donors (Lipinski definition) is 0. The fourth-order valence-corrected chi connectivity index (χ4v) is 3.91. The van der Waals surface area contributed by atoms with Crippen LogP contribution >= 0.6 is 11.6 Å². The minimum Gasteiger partial charge on any atom is -0.383 e. The van der Waals surface area contributed by atoms with Crippen molar-refractivity contribution in [2.75, 3.05) is 20.3 Å². The Morgan fingerprint density at radius 3 is 2.55 bits per heavy atom. The summed E-state index contributed by atoms with van der Waals surface area (Å²) in [5.74, 6) is -0.00621. The normalized spacial score (nSPS) is 11.0. The number of methoxy groups -OCH3 is 1. The molecule has 1 aromatic heterocycles. The SMILES string of the molecule is COCCN(Cc1cccn1Cc1ccccc1Cl)C(=O)c1ccc2ccccc2c1. The second-order valence-corrected chi connectivity index (χ2v) is 7.91. The molecule has 0 saturated carbocycles. The number of carbonyl (C=O) groups excluding carboxylic acids is 1. The summed E-state index contributed by atoms with van der Waals surface area (Å²) in [7, 11) is 1.65. The van der Waals surface area contributed by atoms with Crippen LogP contribution in [0.25, 0.3) is 10.8 Å². The van der Waals surface area contributed by atoms with Gasteiger partial charge in [-0.25, -0.2) is 0 Å². The number of carbonyl (C=O) groups is 1. The van der Waals surface area contributed by atoms with Crippen LogP contribution < -0.4 is 0 Å². The van der Waals surface area contributed by atoms with E-state index in [0.717, 1.165) is 27.1 Å². The van der Waals surface area contributed by atoms with Crippen molar-refractivity contribution in [3.63, 3.8) is 0 Å². The molecule has 0 aliphatic heterocycles. The van der Waals surface area contributed by atoms with Gasteiger partial charge in [0.05, 0.1) is 13.2 Å². The second-order valence-electron chi connectivity index (χ2n) is 7.50. The van der Waals surface area contributed by atoms with Gasteiger partial charge in [0.1, 0.15) is 0 Å². The molecule has 4 aromatic rings. The van der Waals surface area contributed by atoms with Gasteiger partial charge in [-0.15, -0.1) is 0 Å². The maximum absolute atomic E-state index is 13.4. The highest BCUT2D eigenvalue weighted by Gasteiger charge is 2.18. The van der Waals surface area contributed by atoms with Gasteiger partial charge in [-0.3, -0.25) is 4.79 Å². The summed E-state index contributed by atoms with van der Waals surface area (Å²) in [6.45, 7) is 2.14. The first kappa shape index (κ1) is 21.2. The molecule has 0 saturated heterocycles. The summed E-state index contributed by atoms with van der Waals surface area (Å²) < 4.78 is 7.40. The molecule has 0 radical (unpaired) electrons. The third kappa shape index (κ3) is 4.98. The van der Waals surface area contributed by atoms with E-state index in [0.29, 0.717) is 31.8 Å². The zero-order chi connectivity index (χ0) is 21.6. The summed E-state index contributed by atoms with van der Waals surface area (Å²) in [5.41, 5.74) is 2.77. The highest BCUT2D eigenvalue weighted by atomic mass is 35.5. The van der Waals surface area contributed by atoms with Gasteiger partial charge < -0.3 is 14.2 Å². The summed E-state index contributed by atoms with van der Waals surface area (Å²) >= 11 is 6.35. The Kier molecular flexibility index (Phi) is 6.70. The molecular formula is C26H25ClN2O2. The van der Waals surface area contributed by atoms with Crippen LogP contribution in [-0.4, -0.2) is 35.6 Å². The van der Waals surface area contributed by atoms with Crippen LogP contribution in [0, 0.1) is 0 Å². The van der Waals surface area contributed by atoms with E-state index in [9.17, 15) is 4.79 Å². The summed E-state index contributed by atoms with van der Waals surface area (Å²) in [6.07, 6.45) is 2.02. The number of rotatable bonds is 8. The molecule has 0 spiro atoms. The lowest BCUT2D eigenvalue weighted by atomic mass is 10.1. The van der Waals surface area contributed by atoms with Crippen molar-refractivity contribution in [3.8, 4) is 0 Å². The summed E-state index contributed by atoms with van der Waals surface area (Å²) in [5, 5.41) is 2.92. The highest BCUT2D eigenvalue weighted by molar-refractivity contribution is 6.31. The van der Waals surface area contributed by atoms with Gasteiger partial charge in [0, 0.05) is 42.7 Å². The monoisotopic (exact) mass is 432 g/mol. The van der Waals surface area contributed by atoms with Crippen molar-refractivity contribution in [3.05, 3.63) is 107 Å². The van der Waals surface area contributed by atoms with Crippen LogP contribution in [0.3, 0.4) is 0 Å². The molecule has 4 rings (SSSR count). The summed E-state index contributed by atoms with van der Waals surface area (Å²) in [4.78, 5) is 15.2. The molecule has 1 amide bonds. The van der Waals surface area contributed by atoms with Gasteiger partial charge in [0.2, 0.25) is 0 Å². The van der Waals surface area contributed by atoms with Crippen molar-refractivity contribution in [1.29, 1.82) is 0 Å². The molecule has 0 bridgehead atoms. The maximum Gasteiger partial charge on any atom is 0.254 e. The van der Waals surface area contributed by atoms with Gasteiger partial charge in [-0.1, -0.05) is 60.1 Å². The molecule has 31 heavy (non-hydrogen) atoms. The van der Waals surface area contributed by atoms with E-state index < -0.39 is 0 Å². The number of fused-ring (bicyclic) bond motifs is 1. The summed E-state index contributed by atoms with van der Waals surface area (Å²) in [6, 6.07) is 25.8. The van der Waals surface area contributed by atoms with Gasteiger partial charge in [-0.05, 0) is 46.7 Å². The number of hydrogen-bond acceptors (Lipinski definition) is 2. The Morgan fingerprint density at radius 1 is 0.968 bits per heavy atom. The number of halogens is 1. The van der Waals surface area contributed by atoms with Gasteiger partial charge in [-0.2, -0.15) is 0 Å². The fourth-order valence-electron chi connectivity index (χ4n) is 3.71. The third-order valence-corrected chi connectivity index (χ3v) is 5.79. The van der Waals surface area contributed by atoms with Gasteiger partial charge in [0.25, 0.3) is 5.91 Å². The van der Waals surface area contributed by atoms with Gasteiger partial charge >= 0.3 is 0 Å². The van der Waals surface area contributed by atoms with Crippen LogP contribution in [0.2, 0.25) is 5.02 Å². The topological polar surface area (TPSA) is 34.5 Å². The van der Waals surface area contributed by atoms with Crippen LogP contribution in [0.15, 0.2) is 85.1 Å². The van der Waals surface area contributed by atoms with Crippen LogP contribution in [0.1, 0.15) is 21.6 Å². The molecule has 0 fully saturated rings. The molecule has 5 heteroatoms. The number of amides is 1. The van der Waals surface area contributed by atoms with Gasteiger partial charge in [0.15, 0.2) is 0 Å². The Balaban J connectivity index is 1.58. The zero-order valence-electron chi connectivity index (χ0n) is 17.5. The number of aromatic nitrogens is 1. The minimum absolute atomic E-state index is 0.00621. The fraction of sp³-hybridized carbons (Fsp3) is 0.192. The minimum atomic E-state index is -0.00621. The van der Waals surface area contributed by atoms with E-state index >= 15 is 0 Å². The Bertz CT molecular complexity index is 1180. The zero-order valence-corrected chi connectivity index (χ0v) is 18.3. The van der Waals surface area contributed by atoms with E-state index in [1.54, 1.807) is 7.11 Å². The van der Waals surface area contributed by atoms with Crippen molar-refractivity contribution < 1.29 is 9.53 Å². The molecule has 158 valence electrons. The Hall–Kier alpha value is -3.08. The number of nitrogens with zero attached hydrogens (tertiary/aromatic N) is 2. The molecule has 0 atom stereocenters. The Labute approximate surface area is 187 Å². The van der Waals surface area contributed by atoms with E-state index in [1.165, 1.54) is 0 Å². The molecule has 1 heterocycles. The smallest absolute Gasteiger partial charge is 0.254 e. The average molecular weight is 433 g/mol. The molecule has 3 aromatic carbocycles. The van der Waals surface area contributed by atoms with Crippen molar-refractivity contribution in [2.24, 2.45) is 0 Å². The maximum atomic E-state index is 13.4. The van der Waals surface area contributed by atoms with Crippen molar-refractivity contribution in [2.45, 2.75) is 13.1 Å². The predicted molar refractivity (Wildman–Crippen MR) is 126 cm³/mol. The van der Waals surface area contributed by atoms with Crippen LogP contribution in [0.4, 0.5) is 0 Å². The first-order chi connectivity index (χ1) is 15.2. The van der Waals surface area contributed by atoms with E-state index in [1.807, 2.05) is 90.0 Å². The predicted octanol–water partition coefficient (Wildman–Crippen LogP) is 5.63. The molecule has 0 aliphatic rings. The lowest BCUT2D eigenvalue weighted by Crippen LogP contribution is -2.34. The lowest BCUT2D eigenvalue weighted by molar-refractivity contribution is 0.0676. The molecule has 4 nitrogen and oxygen atoms in total. The molecule has 0 N–H and O–H groups in total. The van der Waals surface area contributed by atoms with Crippen molar-refractivity contribution in [1.82, 2.24) is 9.47 Å². The first-order valence-electron chi connectivity index (χ1n) is 10.3. The highest BCUT2D eigenvalue weighted by Crippen LogP contribution is 2.20. The second kappa shape index (κ2) is 9.82. The lowest BCUT2D eigenvalue weighted by Gasteiger charge is -2.24. The first-order valence-corrected chi connectivity index (χ1v) is 10.7. The third-order valence-electron chi connectivity index (χ3n) is 5.42. The largest absolute Gasteiger partial charge is 0.383 e. The Morgan fingerprint density at radius 2 is 1.74 bits per heavy atom. The number of benzene rings is 3. The van der Waals surface area contributed by atoms with E-state index in [-0.39, 0.29) is 5.91 Å². The number of ether oxygens (including phenoxy) is 1. The van der Waals surface area contributed by atoms with Crippen LogP contribution in [0.5, 0.6) is 0 Å². The van der Waals surface area contributed by atoms with E-state index in [4.69, 9.17) is 16.3 Å². The average Bonchev–Trinajstić information content (AvgIpc) is 3.24. The molecular weight excluding hydrogens is 408 g/mol. The van der Waals surface area contributed by atoms with Crippen LogP contribution in [-0.2, 0) is 17.8 Å². The van der Waals surface area contributed by atoms with Crippen molar-refractivity contribution >= 4 is 28.3 Å². The standard InChI is InChI=1S/C26H25ClN2O2/c1-31-16-15-29(26(30)22-13-12-20-7-2-3-8-21(20)17-22)19-24-10-6-14-28(24)18-23-9-4-5-11-25(23)27/h2-14,17H,15-16,18-19H2,1H3. The van der Waals surface area contributed by atoms with E-state index in [2.05, 4.69) is 4.57 Å². The molecule has 0 unspecified atom stereocenters.